The van der Waals surface area contributed by atoms with Gasteiger partial charge in [-0.1, -0.05) is 19.8 Å². The summed E-state index contributed by atoms with van der Waals surface area (Å²) < 4.78 is 1.79. The number of rotatable bonds is 4. The molecule has 1 saturated heterocycles. The first-order valence-corrected chi connectivity index (χ1v) is 9.54. The number of likely N-dealkylation sites (N-methyl/N-ethyl adjacent to an activating group) is 1. The van der Waals surface area contributed by atoms with Crippen LogP contribution in [0.1, 0.15) is 49.6 Å². The number of aromatic nitrogens is 2. The van der Waals surface area contributed by atoms with Crippen molar-refractivity contribution in [3.05, 3.63) is 17.0 Å². The van der Waals surface area contributed by atoms with Crippen molar-refractivity contribution in [3.63, 3.8) is 0 Å². The highest BCUT2D eigenvalue weighted by Crippen LogP contribution is 2.38. The molecule has 4 amide bonds. The van der Waals surface area contributed by atoms with Gasteiger partial charge in [-0.15, -0.1) is 0 Å². The van der Waals surface area contributed by atoms with Gasteiger partial charge in [0, 0.05) is 31.9 Å². The number of hydrogen-bond donors (Lipinski definition) is 1. The number of amides is 4. The molecule has 0 unspecified atom stereocenters. The molecular formula is C19H29N5O3. The number of hydrogen-bond acceptors (Lipinski definition) is 4. The lowest BCUT2D eigenvalue weighted by molar-refractivity contribution is -0.140. The zero-order chi connectivity index (χ0) is 19.9. The van der Waals surface area contributed by atoms with Crippen LogP contribution in [-0.2, 0) is 23.2 Å². The van der Waals surface area contributed by atoms with Gasteiger partial charge >= 0.3 is 6.03 Å². The third kappa shape index (κ3) is 3.21. The number of aryl methyl sites for hydroxylation is 2. The average Bonchev–Trinajstić information content (AvgIpc) is 2.99. The Balaban J connectivity index is 1.70. The lowest BCUT2D eigenvalue weighted by atomic mass is 9.73. The van der Waals surface area contributed by atoms with E-state index >= 15 is 0 Å². The molecule has 0 aromatic carbocycles. The fourth-order valence-corrected chi connectivity index (χ4v) is 4.27. The molecular weight excluding hydrogens is 346 g/mol. The summed E-state index contributed by atoms with van der Waals surface area (Å²) in [7, 11) is 3.55. The molecule has 2 fully saturated rings. The van der Waals surface area contributed by atoms with Crippen LogP contribution in [0.3, 0.4) is 0 Å². The Kier molecular flexibility index (Phi) is 5.01. The van der Waals surface area contributed by atoms with Gasteiger partial charge < -0.3 is 10.2 Å². The molecule has 2 aliphatic rings. The van der Waals surface area contributed by atoms with E-state index in [1.165, 1.54) is 0 Å². The lowest BCUT2D eigenvalue weighted by Gasteiger charge is -2.36. The van der Waals surface area contributed by atoms with Crippen LogP contribution in [0, 0.1) is 19.8 Å². The molecule has 3 rings (SSSR count). The third-order valence-electron chi connectivity index (χ3n) is 6.27. The van der Waals surface area contributed by atoms with E-state index in [0.29, 0.717) is 13.0 Å². The summed E-state index contributed by atoms with van der Waals surface area (Å²) in [5, 5.41) is 7.25. The Hall–Kier alpha value is -2.38. The second-order valence-corrected chi connectivity index (χ2v) is 7.96. The fraction of sp³-hybridized carbons (Fsp3) is 0.684. The van der Waals surface area contributed by atoms with Crippen LogP contribution in [0.25, 0.3) is 0 Å². The maximum atomic E-state index is 13.0. The van der Waals surface area contributed by atoms with Gasteiger partial charge in [0.05, 0.1) is 5.69 Å². The molecule has 2 heterocycles. The summed E-state index contributed by atoms with van der Waals surface area (Å²) in [6, 6.07) is -0.454. The SMILES string of the molecule is Cc1nn(C)c(C)c1CN(C)C(=O)CN1C(=O)N[C@@]2(CCCC[C@@H]2C)C1=O. The van der Waals surface area contributed by atoms with Crippen molar-refractivity contribution >= 4 is 17.8 Å². The second kappa shape index (κ2) is 6.98. The Morgan fingerprint density at radius 1 is 1.33 bits per heavy atom. The molecule has 1 aromatic rings. The molecule has 1 N–H and O–H groups in total. The van der Waals surface area contributed by atoms with Crippen molar-refractivity contribution in [2.24, 2.45) is 13.0 Å². The van der Waals surface area contributed by atoms with Gasteiger partial charge in [0.1, 0.15) is 12.1 Å². The largest absolute Gasteiger partial charge is 0.340 e. The Morgan fingerprint density at radius 2 is 2.04 bits per heavy atom. The van der Waals surface area contributed by atoms with Gasteiger partial charge in [-0.25, -0.2) is 4.79 Å². The molecule has 148 valence electrons. The van der Waals surface area contributed by atoms with E-state index in [1.807, 2.05) is 27.8 Å². The molecule has 8 heteroatoms. The maximum Gasteiger partial charge on any atom is 0.325 e. The van der Waals surface area contributed by atoms with Crippen molar-refractivity contribution in [1.29, 1.82) is 0 Å². The topological polar surface area (TPSA) is 87.5 Å². The molecule has 0 bridgehead atoms. The van der Waals surface area contributed by atoms with Crippen molar-refractivity contribution in [2.75, 3.05) is 13.6 Å². The van der Waals surface area contributed by atoms with E-state index in [-0.39, 0.29) is 24.3 Å². The van der Waals surface area contributed by atoms with Gasteiger partial charge in [-0.3, -0.25) is 19.2 Å². The van der Waals surface area contributed by atoms with E-state index in [2.05, 4.69) is 10.4 Å². The van der Waals surface area contributed by atoms with Crippen molar-refractivity contribution in [1.82, 2.24) is 24.9 Å². The fourth-order valence-electron chi connectivity index (χ4n) is 4.27. The first-order valence-electron chi connectivity index (χ1n) is 9.54. The summed E-state index contributed by atoms with van der Waals surface area (Å²) in [5.74, 6) is -0.432. The molecule has 1 aromatic heterocycles. The zero-order valence-corrected chi connectivity index (χ0v) is 16.8. The molecule has 1 saturated carbocycles. The number of carbonyl (C=O) groups excluding carboxylic acids is 3. The van der Waals surface area contributed by atoms with Crippen LogP contribution in [0.4, 0.5) is 4.79 Å². The Morgan fingerprint density at radius 3 is 2.63 bits per heavy atom. The maximum absolute atomic E-state index is 13.0. The highest BCUT2D eigenvalue weighted by molar-refractivity contribution is 6.09. The standard InChI is InChI=1S/C19H29N5O3/c1-12-8-6-7-9-19(12)17(26)24(18(27)20-19)11-16(25)22(4)10-15-13(2)21-23(5)14(15)3/h12H,6-11H2,1-5H3,(H,20,27)/t12-,19+/m0/s1. The van der Waals surface area contributed by atoms with Crippen LogP contribution in [0.2, 0.25) is 0 Å². The van der Waals surface area contributed by atoms with Gasteiger partial charge in [0.15, 0.2) is 0 Å². The summed E-state index contributed by atoms with van der Waals surface area (Å²) in [5.41, 5.74) is 2.03. The highest BCUT2D eigenvalue weighted by atomic mass is 16.2. The Bertz CT molecular complexity index is 787. The molecule has 27 heavy (non-hydrogen) atoms. The average molecular weight is 375 g/mol. The smallest absolute Gasteiger partial charge is 0.325 e. The van der Waals surface area contributed by atoms with Crippen LogP contribution < -0.4 is 5.32 Å². The van der Waals surface area contributed by atoms with E-state index in [1.54, 1.807) is 16.6 Å². The molecule has 1 spiro atoms. The quantitative estimate of drug-likeness (QED) is 0.808. The predicted molar refractivity (Wildman–Crippen MR) is 99.8 cm³/mol. The van der Waals surface area contributed by atoms with E-state index in [4.69, 9.17) is 0 Å². The number of carbonyl (C=O) groups is 3. The zero-order valence-electron chi connectivity index (χ0n) is 16.8. The van der Waals surface area contributed by atoms with Crippen LogP contribution in [0.5, 0.6) is 0 Å². The predicted octanol–water partition coefficient (Wildman–Crippen LogP) is 1.50. The number of imide groups is 1. The minimum Gasteiger partial charge on any atom is -0.340 e. The summed E-state index contributed by atoms with van der Waals surface area (Å²) in [6.45, 7) is 6.04. The summed E-state index contributed by atoms with van der Waals surface area (Å²) in [4.78, 5) is 40.8. The normalized spacial score (nSPS) is 25.2. The lowest BCUT2D eigenvalue weighted by Crippen LogP contribution is -2.54. The van der Waals surface area contributed by atoms with E-state index in [9.17, 15) is 14.4 Å². The van der Waals surface area contributed by atoms with Crippen LogP contribution in [0.15, 0.2) is 0 Å². The molecule has 1 aliphatic heterocycles. The third-order valence-corrected chi connectivity index (χ3v) is 6.27. The van der Waals surface area contributed by atoms with Crippen molar-refractivity contribution < 1.29 is 14.4 Å². The van der Waals surface area contributed by atoms with Gasteiger partial charge in [-0.2, -0.15) is 5.10 Å². The first-order chi connectivity index (χ1) is 12.7. The molecule has 8 nitrogen and oxygen atoms in total. The molecule has 0 radical (unpaired) electrons. The second-order valence-electron chi connectivity index (χ2n) is 7.96. The van der Waals surface area contributed by atoms with Crippen molar-refractivity contribution in [3.8, 4) is 0 Å². The number of nitrogens with one attached hydrogen (secondary N) is 1. The number of nitrogens with zero attached hydrogens (tertiary/aromatic N) is 4. The summed E-state index contributed by atoms with van der Waals surface area (Å²) in [6.07, 6.45) is 3.54. The van der Waals surface area contributed by atoms with Crippen LogP contribution in [-0.4, -0.2) is 56.6 Å². The number of urea groups is 1. The van der Waals surface area contributed by atoms with Gasteiger partial charge in [-0.05, 0) is 32.6 Å². The minimum absolute atomic E-state index is 0.0845. The van der Waals surface area contributed by atoms with Gasteiger partial charge in [0.25, 0.3) is 5.91 Å². The molecule has 1 aliphatic carbocycles. The van der Waals surface area contributed by atoms with Gasteiger partial charge in [0.2, 0.25) is 5.91 Å². The van der Waals surface area contributed by atoms with Crippen molar-refractivity contribution in [2.45, 2.75) is 58.5 Å². The molecule has 2 atom stereocenters. The monoisotopic (exact) mass is 375 g/mol. The highest BCUT2D eigenvalue weighted by Gasteiger charge is 2.55. The van der Waals surface area contributed by atoms with E-state index < -0.39 is 11.6 Å². The Labute approximate surface area is 159 Å². The van der Waals surface area contributed by atoms with E-state index in [0.717, 1.165) is 41.1 Å². The minimum atomic E-state index is -0.829. The van der Waals surface area contributed by atoms with Crippen LogP contribution >= 0.6 is 0 Å². The summed E-state index contributed by atoms with van der Waals surface area (Å²) >= 11 is 0. The first kappa shape index (κ1) is 19.4.